The molecule has 1 N–H and O–H groups in total. The van der Waals surface area contributed by atoms with Gasteiger partial charge < -0.3 is 19.9 Å². The number of nitrogens with one attached hydrogen (secondary N) is 1. The highest BCUT2D eigenvalue weighted by Crippen LogP contribution is 2.29. The lowest BCUT2D eigenvalue weighted by atomic mass is 10.0. The first-order valence-corrected chi connectivity index (χ1v) is 10.4. The van der Waals surface area contributed by atoms with Crippen LogP contribution in [0.4, 0.5) is 20.2 Å². The number of hydrogen-bond acceptors (Lipinski definition) is 4. The number of amides is 3. The minimum Gasteiger partial charge on any atom is -0.378 e. The SMILES string of the molecule is Cc1c(NC(=O)C2CC(=O)N(c3ccc(F)cc3F)C2)cccc1C(=O)N1CCOCC1. The summed E-state index contributed by atoms with van der Waals surface area (Å²) in [4.78, 5) is 41.0. The molecule has 7 nitrogen and oxygen atoms in total. The van der Waals surface area contributed by atoms with Gasteiger partial charge in [-0.15, -0.1) is 0 Å². The van der Waals surface area contributed by atoms with Crippen LogP contribution in [0.3, 0.4) is 0 Å². The van der Waals surface area contributed by atoms with Gasteiger partial charge in [0.15, 0.2) is 0 Å². The topological polar surface area (TPSA) is 79.0 Å². The molecule has 0 aliphatic carbocycles. The zero-order valence-corrected chi connectivity index (χ0v) is 17.6. The molecule has 32 heavy (non-hydrogen) atoms. The number of carbonyl (C=O) groups excluding carboxylic acids is 3. The summed E-state index contributed by atoms with van der Waals surface area (Å²) in [5.74, 6) is -3.24. The van der Waals surface area contributed by atoms with Crippen LogP contribution in [0.2, 0.25) is 0 Å². The fraction of sp³-hybridized carbons (Fsp3) is 0.348. The molecule has 9 heteroatoms. The molecule has 2 saturated heterocycles. The minimum absolute atomic E-state index is 0.0152. The van der Waals surface area contributed by atoms with E-state index in [1.54, 1.807) is 30.0 Å². The van der Waals surface area contributed by atoms with E-state index in [0.29, 0.717) is 49.2 Å². The van der Waals surface area contributed by atoms with Crippen LogP contribution in [0.25, 0.3) is 0 Å². The minimum atomic E-state index is -0.857. The molecule has 2 fully saturated rings. The Hall–Kier alpha value is -3.33. The number of carbonyl (C=O) groups is 3. The molecule has 0 aromatic heterocycles. The Morgan fingerprint density at radius 3 is 2.59 bits per heavy atom. The van der Waals surface area contributed by atoms with Crippen LogP contribution in [0.15, 0.2) is 36.4 Å². The molecule has 168 valence electrons. The number of rotatable bonds is 4. The van der Waals surface area contributed by atoms with Crippen molar-refractivity contribution in [2.45, 2.75) is 13.3 Å². The van der Waals surface area contributed by atoms with Crippen LogP contribution in [0.5, 0.6) is 0 Å². The summed E-state index contributed by atoms with van der Waals surface area (Å²) < 4.78 is 32.6. The van der Waals surface area contributed by atoms with Gasteiger partial charge in [0.1, 0.15) is 11.6 Å². The first kappa shape index (κ1) is 21.9. The average Bonchev–Trinajstić information content (AvgIpc) is 3.17. The second-order valence-corrected chi connectivity index (χ2v) is 7.87. The van der Waals surface area contributed by atoms with Crippen LogP contribution in [0, 0.1) is 24.5 Å². The van der Waals surface area contributed by atoms with Gasteiger partial charge in [-0.3, -0.25) is 14.4 Å². The normalized spacial score (nSPS) is 18.7. The molecular formula is C23H23F2N3O4. The van der Waals surface area contributed by atoms with Gasteiger partial charge in [-0.25, -0.2) is 8.78 Å². The van der Waals surface area contributed by atoms with Crippen molar-refractivity contribution in [2.24, 2.45) is 5.92 Å². The number of morpholine rings is 1. The quantitative estimate of drug-likeness (QED) is 0.788. The Morgan fingerprint density at radius 1 is 1.12 bits per heavy atom. The van der Waals surface area contributed by atoms with E-state index in [2.05, 4.69) is 5.32 Å². The van der Waals surface area contributed by atoms with Gasteiger partial charge in [0.2, 0.25) is 11.8 Å². The lowest BCUT2D eigenvalue weighted by Gasteiger charge is -2.27. The van der Waals surface area contributed by atoms with Crippen LogP contribution in [0.1, 0.15) is 22.3 Å². The first-order chi connectivity index (χ1) is 15.3. The first-order valence-electron chi connectivity index (χ1n) is 10.4. The number of anilines is 2. The van der Waals surface area contributed by atoms with E-state index in [9.17, 15) is 23.2 Å². The monoisotopic (exact) mass is 443 g/mol. The van der Waals surface area contributed by atoms with Crippen LogP contribution in [-0.2, 0) is 14.3 Å². The maximum Gasteiger partial charge on any atom is 0.254 e. The summed E-state index contributed by atoms with van der Waals surface area (Å²) in [6, 6.07) is 8.05. The maximum atomic E-state index is 14.1. The van der Waals surface area contributed by atoms with Crippen molar-refractivity contribution in [1.29, 1.82) is 0 Å². The van der Waals surface area contributed by atoms with E-state index >= 15 is 0 Å². The van der Waals surface area contributed by atoms with Gasteiger partial charge in [-0.2, -0.15) is 0 Å². The smallest absolute Gasteiger partial charge is 0.254 e. The Kier molecular flexibility index (Phi) is 6.18. The van der Waals surface area contributed by atoms with E-state index in [1.165, 1.54) is 6.07 Å². The van der Waals surface area contributed by atoms with E-state index in [1.807, 2.05) is 0 Å². The maximum absolute atomic E-state index is 14.1. The third-order valence-electron chi connectivity index (χ3n) is 5.82. The summed E-state index contributed by atoms with van der Waals surface area (Å²) in [7, 11) is 0. The summed E-state index contributed by atoms with van der Waals surface area (Å²) in [6.07, 6.45) is -0.0892. The van der Waals surface area contributed by atoms with Crippen molar-refractivity contribution < 1.29 is 27.9 Å². The van der Waals surface area contributed by atoms with E-state index in [4.69, 9.17) is 4.74 Å². The number of hydrogen-bond donors (Lipinski definition) is 1. The Balaban J connectivity index is 1.47. The second kappa shape index (κ2) is 9.04. The van der Waals surface area contributed by atoms with Gasteiger partial charge >= 0.3 is 0 Å². The predicted molar refractivity (Wildman–Crippen MR) is 113 cm³/mol. The molecule has 2 heterocycles. The van der Waals surface area contributed by atoms with E-state index < -0.39 is 29.4 Å². The third-order valence-corrected chi connectivity index (χ3v) is 5.82. The lowest BCUT2D eigenvalue weighted by Crippen LogP contribution is -2.41. The van der Waals surface area contributed by atoms with Gasteiger partial charge in [0, 0.05) is 43.4 Å². The Bertz CT molecular complexity index is 1070. The number of halogens is 2. The molecule has 3 amide bonds. The number of nitrogens with zero attached hydrogens (tertiary/aromatic N) is 2. The largest absolute Gasteiger partial charge is 0.378 e. The highest BCUT2D eigenvalue weighted by molar-refractivity contribution is 6.04. The Morgan fingerprint density at radius 2 is 1.88 bits per heavy atom. The van der Waals surface area contributed by atoms with Crippen molar-refractivity contribution in [1.82, 2.24) is 4.90 Å². The molecule has 4 rings (SSSR count). The number of ether oxygens (including phenoxy) is 1. The molecular weight excluding hydrogens is 420 g/mol. The molecule has 0 saturated carbocycles. The van der Waals surface area contributed by atoms with Crippen LogP contribution >= 0.6 is 0 Å². The molecule has 2 aliphatic rings. The Labute approximate surface area is 183 Å². The molecule has 0 spiro atoms. The molecule has 2 aromatic rings. The average molecular weight is 443 g/mol. The van der Waals surface area contributed by atoms with Crippen molar-refractivity contribution in [3.63, 3.8) is 0 Å². The molecule has 1 unspecified atom stereocenters. The van der Waals surface area contributed by atoms with Gasteiger partial charge in [0.05, 0.1) is 24.8 Å². The van der Waals surface area contributed by atoms with Crippen molar-refractivity contribution in [2.75, 3.05) is 43.1 Å². The van der Waals surface area contributed by atoms with E-state index in [0.717, 1.165) is 11.0 Å². The summed E-state index contributed by atoms with van der Waals surface area (Å²) in [5, 5.41) is 2.80. The van der Waals surface area contributed by atoms with Crippen molar-refractivity contribution >= 4 is 29.1 Å². The highest BCUT2D eigenvalue weighted by Gasteiger charge is 2.36. The van der Waals surface area contributed by atoms with Gasteiger partial charge in [-0.05, 0) is 36.8 Å². The molecule has 0 bridgehead atoms. The van der Waals surface area contributed by atoms with Crippen LogP contribution < -0.4 is 10.2 Å². The lowest BCUT2D eigenvalue weighted by molar-refractivity contribution is -0.122. The zero-order chi connectivity index (χ0) is 22.8. The molecule has 0 radical (unpaired) electrons. The van der Waals surface area contributed by atoms with Gasteiger partial charge in [0.25, 0.3) is 5.91 Å². The zero-order valence-electron chi connectivity index (χ0n) is 17.6. The predicted octanol–water partition coefficient (Wildman–Crippen LogP) is 2.74. The fourth-order valence-electron chi connectivity index (χ4n) is 3.99. The summed E-state index contributed by atoms with van der Waals surface area (Å²) >= 11 is 0. The standard InChI is InChI=1S/C23H23F2N3O4/c1-14-17(23(31)27-7-9-32-10-8-27)3-2-4-19(14)26-22(30)15-11-21(29)28(13-15)20-6-5-16(24)12-18(20)25/h2-6,12,15H,7-11,13H2,1H3,(H,26,30). The summed E-state index contributed by atoms with van der Waals surface area (Å²) in [5.41, 5.74) is 1.54. The summed E-state index contributed by atoms with van der Waals surface area (Å²) in [6.45, 7) is 3.73. The van der Waals surface area contributed by atoms with E-state index in [-0.39, 0.29) is 24.6 Å². The molecule has 2 aromatic carbocycles. The molecule has 2 aliphatic heterocycles. The number of benzene rings is 2. The van der Waals surface area contributed by atoms with Crippen LogP contribution in [-0.4, -0.2) is 55.5 Å². The highest BCUT2D eigenvalue weighted by atomic mass is 19.1. The van der Waals surface area contributed by atoms with Crippen molar-refractivity contribution in [3.05, 3.63) is 59.2 Å². The van der Waals surface area contributed by atoms with Crippen molar-refractivity contribution in [3.8, 4) is 0 Å². The molecule has 1 atom stereocenters. The fourth-order valence-corrected chi connectivity index (χ4v) is 3.99. The van der Waals surface area contributed by atoms with Gasteiger partial charge in [-0.1, -0.05) is 6.07 Å². The third kappa shape index (κ3) is 4.34. The second-order valence-electron chi connectivity index (χ2n) is 7.87.